The Morgan fingerprint density at radius 3 is 3.00 bits per heavy atom. The Bertz CT molecular complexity index is 507. The standard InChI is InChI=1S/C12H14N4O/c1-8(9-3-2-4-10(13)7-9)11(17)16-12-14-5-6-15-12/h2-8H,13H2,1H3,(H2,14,15,16,17). The summed E-state index contributed by atoms with van der Waals surface area (Å²) in [5, 5.41) is 2.69. The van der Waals surface area contributed by atoms with Crippen LogP contribution in [0.15, 0.2) is 36.7 Å². The maximum atomic E-state index is 11.9. The zero-order valence-corrected chi connectivity index (χ0v) is 9.47. The normalized spacial score (nSPS) is 12.1. The Morgan fingerprint density at radius 2 is 2.35 bits per heavy atom. The number of anilines is 2. The van der Waals surface area contributed by atoms with E-state index in [1.165, 1.54) is 0 Å². The van der Waals surface area contributed by atoms with Crippen LogP contribution in [0.1, 0.15) is 18.4 Å². The minimum Gasteiger partial charge on any atom is -0.399 e. The Kier molecular flexibility index (Phi) is 3.09. The molecule has 1 atom stereocenters. The number of aromatic nitrogens is 2. The molecule has 0 saturated heterocycles. The first kappa shape index (κ1) is 11.2. The van der Waals surface area contributed by atoms with Gasteiger partial charge < -0.3 is 10.7 Å². The lowest BCUT2D eigenvalue weighted by Gasteiger charge is -2.11. The van der Waals surface area contributed by atoms with Gasteiger partial charge >= 0.3 is 0 Å². The number of amides is 1. The first-order chi connectivity index (χ1) is 8.16. The van der Waals surface area contributed by atoms with Crippen molar-refractivity contribution in [1.29, 1.82) is 0 Å². The summed E-state index contributed by atoms with van der Waals surface area (Å²) in [7, 11) is 0. The fourth-order valence-electron chi connectivity index (χ4n) is 1.54. The monoisotopic (exact) mass is 230 g/mol. The van der Waals surface area contributed by atoms with E-state index in [4.69, 9.17) is 5.73 Å². The number of nitrogens with zero attached hydrogens (tertiary/aromatic N) is 1. The molecule has 88 valence electrons. The van der Waals surface area contributed by atoms with E-state index >= 15 is 0 Å². The molecule has 1 heterocycles. The van der Waals surface area contributed by atoms with E-state index in [0.29, 0.717) is 11.6 Å². The second-order valence-corrected chi connectivity index (χ2v) is 3.82. The minimum atomic E-state index is -0.274. The first-order valence-electron chi connectivity index (χ1n) is 5.32. The van der Waals surface area contributed by atoms with Crippen molar-refractivity contribution in [3.8, 4) is 0 Å². The molecule has 4 N–H and O–H groups in total. The van der Waals surface area contributed by atoms with Gasteiger partial charge in [-0.2, -0.15) is 0 Å². The number of hydrogen-bond acceptors (Lipinski definition) is 3. The molecule has 0 fully saturated rings. The molecule has 0 aliphatic carbocycles. The van der Waals surface area contributed by atoms with Gasteiger partial charge in [0.1, 0.15) is 0 Å². The molecule has 0 aliphatic rings. The predicted molar refractivity (Wildman–Crippen MR) is 66.5 cm³/mol. The molecular weight excluding hydrogens is 216 g/mol. The van der Waals surface area contributed by atoms with Crippen LogP contribution in [0.3, 0.4) is 0 Å². The largest absolute Gasteiger partial charge is 0.399 e. The lowest BCUT2D eigenvalue weighted by atomic mass is 10.00. The lowest BCUT2D eigenvalue weighted by Crippen LogP contribution is -2.19. The van der Waals surface area contributed by atoms with Gasteiger partial charge in [0.2, 0.25) is 11.9 Å². The number of aromatic amines is 1. The minimum absolute atomic E-state index is 0.120. The van der Waals surface area contributed by atoms with E-state index in [1.54, 1.807) is 24.5 Å². The van der Waals surface area contributed by atoms with Gasteiger partial charge in [0.25, 0.3) is 0 Å². The van der Waals surface area contributed by atoms with Crippen molar-refractivity contribution >= 4 is 17.5 Å². The first-order valence-corrected chi connectivity index (χ1v) is 5.32. The van der Waals surface area contributed by atoms with Crippen LogP contribution in [0.25, 0.3) is 0 Å². The van der Waals surface area contributed by atoms with Gasteiger partial charge in [0.15, 0.2) is 0 Å². The molecule has 0 bridgehead atoms. The van der Waals surface area contributed by atoms with Crippen LogP contribution in [0.2, 0.25) is 0 Å². The molecule has 0 aliphatic heterocycles. The summed E-state index contributed by atoms with van der Waals surface area (Å²) in [4.78, 5) is 18.7. The van der Waals surface area contributed by atoms with Crippen LogP contribution in [0.5, 0.6) is 0 Å². The maximum Gasteiger partial charge on any atom is 0.233 e. The van der Waals surface area contributed by atoms with E-state index in [2.05, 4.69) is 15.3 Å². The summed E-state index contributed by atoms with van der Waals surface area (Å²) in [5.74, 6) is 0.0555. The fourth-order valence-corrected chi connectivity index (χ4v) is 1.54. The highest BCUT2D eigenvalue weighted by molar-refractivity contribution is 5.94. The van der Waals surface area contributed by atoms with Gasteiger partial charge in [-0.05, 0) is 24.6 Å². The molecule has 1 unspecified atom stereocenters. The number of rotatable bonds is 3. The van der Waals surface area contributed by atoms with Crippen molar-refractivity contribution in [2.45, 2.75) is 12.8 Å². The number of nitrogens with one attached hydrogen (secondary N) is 2. The molecule has 1 amide bonds. The van der Waals surface area contributed by atoms with Crippen molar-refractivity contribution in [2.75, 3.05) is 11.1 Å². The summed E-state index contributed by atoms with van der Waals surface area (Å²) < 4.78 is 0. The number of nitrogens with two attached hydrogens (primary N) is 1. The molecule has 2 aromatic rings. The smallest absolute Gasteiger partial charge is 0.233 e. The predicted octanol–water partition coefficient (Wildman–Crippen LogP) is 1.73. The van der Waals surface area contributed by atoms with E-state index in [9.17, 15) is 4.79 Å². The summed E-state index contributed by atoms with van der Waals surface area (Å²) in [6.07, 6.45) is 3.24. The van der Waals surface area contributed by atoms with Gasteiger partial charge in [-0.15, -0.1) is 0 Å². The second-order valence-electron chi connectivity index (χ2n) is 3.82. The number of H-pyrrole nitrogens is 1. The third-order valence-electron chi connectivity index (χ3n) is 2.54. The Balaban J connectivity index is 2.09. The van der Waals surface area contributed by atoms with Crippen LogP contribution >= 0.6 is 0 Å². The van der Waals surface area contributed by atoms with Crippen molar-refractivity contribution in [3.05, 3.63) is 42.2 Å². The third kappa shape index (κ3) is 2.63. The van der Waals surface area contributed by atoms with Crippen LogP contribution < -0.4 is 11.1 Å². The molecule has 5 nitrogen and oxygen atoms in total. The average molecular weight is 230 g/mol. The molecule has 5 heteroatoms. The average Bonchev–Trinajstić information content (AvgIpc) is 2.80. The van der Waals surface area contributed by atoms with Crippen LogP contribution in [-0.4, -0.2) is 15.9 Å². The van der Waals surface area contributed by atoms with Gasteiger partial charge in [-0.3, -0.25) is 10.1 Å². The summed E-state index contributed by atoms with van der Waals surface area (Å²) in [5.41, 5.74) is 7.22. The molecule has 1 aromatic carbocycles. The highest BCUT2D eigenvalue weighted by atomic mass is 16.2. The number of carbonyl (C=O) groups is 1. The van der Waals surface area contributed by atoms with E-state index in [0.717, 1.165) is 5.56 Å². The number of hydrogen-bond donors (Lipinski definition) is 3. The van der Waals surface area contributed by atoms with Crippen LogP contribution in [0.4, 0.5) is 11.6 Å². The molecule has 0 radical (unpaired) electrons. The SMILES string of the molecule is CC(C(=O)Nc1ncc[nH]1)c1cccc(N)c1. The van der Waals surface area contributed by atoms with Crippen molar-refractivity contribution in [1.82, 2.24) is 9.97 Å². The molecule has 0 saturated carbocycles. The zero-order valence-electron chi connectivity index (χ0n) is 9.47. The Labute approximate surface area is 99.1 Å². The number of carbonyl (C=O) groups excluding carboxylic acids is 1. The molecule has 0 spiro atoms. The summed E-state index contributed by atoms with van der Waals surface area (Å²) in [6, 6.07) is 7.30. The summed E-state index contributed by atoms with van der Waals surface area (Å²) in [6.45, 7) is 1.83. The highest BCUT2D eigenvalue weighted by Crippen LogP contribution is 2.18. The molecule has 2 rings (SSSR count). The Hall–Kier alpha value is -2.30. The molecule has 17 heavy (non-hydrogen) atoms. The number of nitrogen functional groups attached to an aromatic ring is 1. The molecule has 1 aromatic heterocycles. The topological polar surface area (TPSA) is 83.8 Å². The van der Waals surface area contributed by atoms with Gasteiger partial charge in [-0.25, -0.2) is 4.98 Å². The number of benzene rings is 1. The Morgan fingerprint density at radius 1 is 1.53 bits per heavy atom. The fraction of sp³-hybridized carbons (Fsp3) is 0.167. The van der Waals surface area contributed by atoms with E-state index in [-0.39, 0.29) is 11.8 Å². The van der Waals surface area contributed by atoms with Crippen molar-refractivity contribution < 1.29 is 4.79 Å². The van der Waals surface area contributed by atoms with E-state index in [1.807, 2.05) is 19.1 Å². The third-order valence-corrected chi connectivity index (χ3v) is 2.54. The summed E-state index contributed by atoms with van der Waals surface area (Å²) >= 11 is 0. The van der Waals surface area contributed by atoms with Crippen molar-refractivity contribution in [3.63, 3.8) is 0 Å². The highest BCUT2D eigenvalue weighted by Gasteiger charge is 2.16. The number of imidazole rings is 1. The van der Waals surface area contributed by atoms with Crippen LogP contribution in [-0.2, 0) is 4.79 Å². The van der Waals surface area contributed by atoms with Crippen molar-refractivity contribution in [2.24, 2.45) is 0 Å². The van der Waals surface area contributed by atoms with Gasteiger partial charge in [0.05, 0.1) is 5.92 Å². The van der Waals surface area contributed by atoms with Crippen LogP contribution in [0, 0.1) is 0 Å². The zero-order chi connectivity index (χ0) is 12.3. The van der Waals surface area contributed by atoms with Gasteiger partial charge in [-0.1, -0.05) is 12.1 Å². The molecular formula is C12H14N4O. The second kappa shape index (κ2) is 4.69. The lowest BCUT2D eigenvalue weighted by molar-refractivity contribution is -0.117. The maximum absolute atomic E-state index is 11.9. The quantitative estimate of drug-likeness (QED) is 0.702. The van der Waals surface area contributed by atoms with Gasteiger partial charge in [0, 0.05) is 18.1 Å². The van der Waals surface area contributed by atoms with E-state index < -0.39 is 0 Å².